The second kappa shape index (κ2) is 8.39. The Morgan fingerprint density at radius 1 is 1.10 bits per heavy atom. The van der Waals surface area contributed by atoms with Gasteiger partial charge >= 0.3 is 5.97 Å². The van der Waals surface area contributed by atoms with E-state index in [0.29, 0.717) is 10.9 Å². The molecule has 1 atom stereocenters. The van der Waals surface area contributed by atoms with Gasteiger partial charge in [0.25, 0.3) is 0 Å². The second-order valence-corrected chi connectivity index (χ2v) is 8.01. The lowest BCUT2D eigenvalue weighted by atomic mass is 9.93. The molecule has 0 saturated carbocycles. The Hall–Kier alpha value is -2.63. The van der Waals surface area contributed by atoms with Crippen LogP contribution in [0.5, 0.6) is 0 Å². The number of hydrogen-bond acceptors (Lipinski definition) is 4. The summed E-state index contributed by atoms with van der Waals surface area (Å²) in [5.74, 6) is 0.377. The average Bonchev–Trinajstić information content (AvgIpc) is 2.74. The predicted molar refractivity (Wildman–Crippen MR) is 119 cm³/mol. The van der Waals surface area contributed by atoms with Crippen molar-refractivity contribution in [1.82, 2.24) is 4.90 Å². The fourth-order valence-electron chi connectivity index (χ4n) is 3.51. The van der Waals surface area contributed by atoms with Crippen LogP contribution in [0.15, 0.2) is 82.3 Å². The number of benzene rings is 3. The number of nitrogens with zero attached hydrogens (tertiary/aromatic N) is 2. The van der Waals surface area contributed by atoms with Crippen molar-refractivity contribution >= 4 is 45.0 Å². The number of methoxy groups -OCH3 is 1. The Bertz CT molecular complexity index is 1070. The molecule has 0 saturated heterocycles. The smallest absolute Gasteiger partial charge is 0.325 e. The first-order valence-corrected chi connectivity index (χ1v) is 10.3. The van der Waals surface area contributed by atoms with Gasteiger partial charge in [0.15, 0.2) is 0 Å². The van der Waals surface area contributed by atoms with E-state index in [4.69, 9.17) is 21.3 Å². The van der Waals surface area contributed by atoms with Crippen LogP contribution in [-0.4, -0.2) is 30.4 Å². The molecule has 0 aromatic heterocycles. The number of halogens is 2. The lowest BCUT2D eigenvalue weighted by molar-refractivity contribution is -0.141. The van der Waals surface area contributed by atoms with Crippen LogP contribution >= 0.6 is 27.5 Å². The molecule has 0 radical (unpaired) electrons. The highest BCUT2D eigenvalue weighted by Gasteiger charge is 2.33. The van der Waals surface area contributed by atoms with Gasteiger partial charge in [-0.15, -0.1) is 0 Å². The quantitative estimate of drug-likeness (QED) is 0.456. The van der Waals surface area contributed by atoms with Crippen molar-refractivity contribution in [3.63, 3.8) is 0 Å². The molecule has 0 aliphatic carbocycles. The average molecular weight is 470 g/mol. The monoisotopic (exact) mass is 468 g/mol. The number of hydrogen-bond donors (Lipinski definition) is 0. The normalized spacial score (nSPS) is 15.5. The van der Waals surface area contributed by atoms with E-state index in [-0.39, 0.29) is 18.6 Å². The SMILES string of the molecule is COC(=O)CN1C(c2ccc(Cl)cc2)=Nc2ccc(Br)cc2C1c1ccccc1. The molecule has 0 bridgehead atoms. The molecule has 4 nitrogen and oxygen atoms in total. The zero-order chi connectivity index (χ0) is 20.4. The molecule has 1 unspecified atom stereocenters. The summed E-state index contributed by atoms with van der Waals surface area (Å²) < 4.78 is 5.94. The predicted octanol–water partition coefficient (Wildman–Crippen LogP) is 5.76. The number of esters is 1. The molecule has 0 N–H and O–H groups in total. The van der Waals surface area contributed by atoms with Crippen molar-refractivity contribution in [2.45, 2.75) is 6.04 Å². The molecule has 146 valence electrons. The topological polar surface area (TPSA) is 41.9 Å². The van der Waals surface area contributed by atoms with Crippen molar-refractivity contribution in [2.75, 3.05) is 13.7 Å². The number of fused-ring (bicyclic) bond motifs is 1. The van der Waals surface area contributed by atoms with E-state index in [1.165, 1.54) is 7.11 Å². The van der Waals surface area contributed by atoms with Crippen molar-refractivity contribution < 1.29 is 9.53 Å². The Labute approximate surface area is 182 Å². The van der Waals surface area contributed by atoms with Crippen molar-refractivity contribution in [3.8, 4) is 0 Å². The zero-order valence-corrected chi connectivity index (χ0v) is 18.0. The lowest BCUT2D eigenvalue weighted by Crippen LogP contribution is -2.42. The first kappa shape index (κ1) is 19.7. The molecule has 3 aromatic rings. The molecule has 0 spiro atoms. The van der Waals surface area contributed by atoms with Gasteiger partial charge in [0.2, 0.25) is 0 Å². The van der Waals surface area contributed by atoms with Crippen molar-refractivity contribution in [1.29, 1.82) is 0 Å². The minimum atomic E-state index is -0.328. The molecular weight excluding hydrogens is 452 g/mol. The molecule has 6 heteroatoms. The first-order valence-electron chi connectivity index (χ1n) is 9.09. The largest absolute Gasteiger partial charge is 0.468 e. The van der Waals surface area contributed by atoms with Gasteiger partial charge in [-0.05, 0) is 48.0 Å². The van der Waals surface area contributed by atoms with Crippen LogP contribution in [0.25, 0.3) is 0 Å². The van der Waals surface area contributed by atoms with Crippen LogP contribution in [0, 0.1) is 0 Å². The Balaban J connectivity index is 1.94. The summed E-state index contributed by atoms with van der Waals surface area (Å²) in [6, 6.07) is 23.4. The zero-order valence-electron chi connectivity index (χ0n) is 15.7. The number of carbonyl (C=O) groups is 1. The van der Waals surface area contributed by atoms with Gasteiger partial charge in [-0.25, -0.2) is 4.99 Å². The van der Waals surface area contributed by atoms with E-state index < -0.39 is 0 Å². The standard InChI is InChI=1S/C23H18BrClN2O2/c1-29-21(28)14-27-22(15-5-3-2-4-6-15)19-13-17(24)9-12-20(19)26-23(27)16-7-10-18(25)11-8-16/h2-13,22H,14H2,1H3. The van der Waals surface area contributed by atoms with Crippen LogP contribution in [0.3, 0.4) is 0 Å². The molecule has 4 rings (SSSR count). The van der Waals surface area contributed by atoms with Gasteiger partial charge < -0.3 is 9.64 Å². The van der Waals surface area contributed by atoms with Crippen molar-refractivity contribution in [2.24, 2.45) is 4.99 Å². The molecule has 0 fully saturated rings. The molecule has 1 aliphatic rings. The number of aliphatic imine (C=N–C) groups is 1. The summed E-state index contributed by atoms with van der Waals surface area (Å²) in [5, 5.41) is 0.647. The van der Waals surface area contributed by atoms with Gasteiger partial charge in [-0.1, -0.05) is 57.9 Å². The fourth-order valence-corrected chi connectivity index (χ4v) is 4.01. The number of amidine groups is 1. The van der Waals surface area contributed by atoms with Gasteiger partial charge in [0.1, 0.15) is 12.4 Å². The van der Waals surface area contributed by atoms with E-state index >= 15 is 0 Å². The molecule has 1 heterocycles. The van der Waals surface area contributed by atoms with Gasteiger partial charge in [0, 0.05) is 20.6 Å². The minimum Gasteiger partial charge on any atom is -0.468 e. The maximum Gasteiger partial charge on any atom is 0.325 e. The maximum absolute atomic E-state index is 12.3. The van der Waals surface area contributed by atoms with Crippen LogP contribution in [0.1, 0.15) is 22.7 Å². The first-order chi connectivity index (χ1) is 14.1. The third-order valence-corrected chi connectivity index (χ3v) is 5.58. The number of rotatable bonds is 4. The number of carbonyl (C=O) groups excluding carboxylic acids is 1. The van der Waals surface area contributed by atoms with Crippen molar-refractivity contribution in [3.05, 3.63) is 99.0 Å². The summed E-state index contributed by atoms with van der Waals surface area (Å²) in [6.45, 7) is 0.0729. The van der Waals surface area contributed by atoms with Crippen LogP contribution in [0.4, 0.5) is 5.69 Å². The third-order valence-electron chi connectivity index (χ3n) is 4.84. The van der Waals surface area contributed by atoms with Crippen LogP contribution in [0.2, 0.25) is 5.02 Å². The Kier molecular flexibility index (Phi) is 5.69. The molecule has 29 heavy (non-hydrogen) atoms. The molecule has 1 aliphatic heterocycles. The van der Waals surface area contributed by atoms with Gasteiger partial charge in [-0.3, -0.25) is 4.79 Å². The summed E-state index contributed by atoms with van der Waals surface area (Å²) in [7, 11) is 1.40. The summed E-state index contributed by atoms with van der Waals surface area (Å²) in [6.07, 6.45) is 0. The van der Waals surface area contributed by atoms with Gasteiger partial charge in [0.05, 0.1) is 18.8 Å². The summed E-state index contributed by atoms with van der Waals surface area (Å²) >= 11 is 9.65. The number of ether oxygens (including phenoxy) is 1. The highest BCUT2D eigenvalue weighted by Crippen LogP contribution is 2.41. The fraction of sp³-hybridized carbons (Fsp3) is 0.130. The molecular formula is C23H18BrClN2O2. The Morgan fingerprint density at radius 3 is 2.52 bits per heavy atom. The highest BCUT2D eigenvalue weighted by atomic mass is 79.9. The van der Waals surface area contributed by atoms with E-state index in [1.807, 2.05) is 59.5 Å². The molecule has 3 aromatic carbocycles. The van der Waals surface area contributed by atoms with Crippen LogP contribution in [-0.2, 0) is 9.53 Å². The second-order valence-electron chi connectivity index (χ2n) is 6.66. The maximum atomic E-state index is 12.3. The van der Waals surface area contributed by atoms with Gasteiger partial charge in [-0.2, -0.15) is 0 Å². The van der Waals surface area contributed by atoms with E-state index in [1.54, 1.807) is 0 Å². The van der Waals surface area contributed by atoms with E-state index in [0.717, 1.165) is 26.9 Å². The molecule has 0 amide bonds. The lowest BCUT2D eigenvalue weighted by Gasteiger charge is -2.38. The van der Waals surface area contributed by atoms with E-state index in [9.17, 15) is 4.79 Å². The Morgan fingerprint density at radius 2 is 1.83 bits per heavy atom. The highest BCUT2D eigenvalue weighted by molar-refractivity contribution is 9.10. The minimum absolute atomic E-state index is 0.0729. The summed E-state index contributed by atoms with van der Waals surface area (Å²) in [4.78, 5) is 19.2. The van der Waals surface area contributed by atoms with Crippen LogP contribution < -0.4 is 0 Å². The summed E-state index contributed by atoms with van der Waals surface area (Å²) in [5.41, 5.74) is 3.84. The third kappa shape index (κ3) is 4.07. The van der Waals surface area contributed by atoms with E-state index in [2.05, 4.69) is 34.1 Å².